The summed E-state index contributed by atoms with van der Waals surface area (Å²) >= 11 is 10.7. The predicted octanol–water partition coefficient (Wildman–Crippen LogP) is 4.69. The molecule has 2 aromatic rings. The largest absolute Gasteiger partial charge is 0.273 e. The molecule has 3 amide bonds. The number of imide groups is 1. The van der Waals surface area contributed by atoms with Crippen molar-refractivity contribution in [1.82, 2.24) is 10.0 Å². The molecule has 34 heavy (non-hydrogen) atoms. The standard InChI is InChI=1S/C23H18Br3N3O5/c24-13-6-4-11(5-7-13)10-27(21(30)12-2-1-3-14(8-12)29(33)34)28-22(31)17-15-9-16(18(17)23(28)32)20(26)19(15)25/h1-8,15-20H,9-10H2/t15-,16-,17-,18+,19-,20+/m1/s1. The Morgan fingerprint density at radius 1 is 1.03 bits per heavy atom. The quantitative estimate of drug-likeness (QED) is 0.201. The molecule has 0 N–H and O–H groups in total. The molecule has 2 aromatic carbocycles. The fourth-order valence-corrected chi connectivity index (χ4v) is 7.61. The number of nitrogens with zero attached hydrogens (tertiary/aromatic N) is 3. The number of alkyl halides is 2. The molecule has 0 spiro atoms. The first kappa shape index (κ1) is 23.6. The first-order chi connectivity index (χ1) is 16.2. The number of hydrogen-bond donors (Lipinski definition) is 0. The minimum atomic E-state index is -0.647. The van der Waals surface area contributed by atoms with Crippen molar-refractivity contribution in [3.63, 3.8) is 0 Å². The molecule has 176 valence electrons. The molecule has 1 aliphatic heterocycles. The van der Waals surface area contributed by atoms with Crippen molar-refractivity contribution in [2.45, 2.75) is 22.6 Å². The van der Waals surface area contributed by atoms with Crippen molar-refractivity contribution < 1.29 is 19.3 Å². The van der Waals surface area contributed by atoms with Crippen molar-refractivity contribution in [2.75, 3.05) is 0 Å². The Bertz CT molecular complexity index is 1170. The van der Waals surface area contributed by atoms with Gasteiger partial charge in [-0.15, -0.1) is 0 Å². The number of amides is 3. The number of carbonyl (C=O) groups excluding carboxylic acids is 3. The van der Waals surface area contributed by atoms with Crippen LogP contribution in [0.5, 0.6) is 0 Å². The number of nitro benzene ring substituents is 1. The van der Waals surface area contributed by atoms with Crippen molar-refractivity contribution >= 4 is 71.2 Å². The Balaban J connectivity index is 1.53. The summed E-state index contributed by atoms with van der Waals surface area (Å²) in [7, 11) is 0. The van der Waals surface area contributed by atoms with Gasteiger partial charge in [-0.05, 0) is 42.0 Å². The highest BCUT2D eigenvalue weighted by Crippen LogP contribution is 2.60. The zero-order chi connectivity index (χ0) is 24.3. The maximum Gasteiger partial charge on any atom is 0.273 e. The van der Waals surface area contributed by atoms with E-state index in [1.807, 2.05) is 0 Å². The van der Waals surface area contributed by atoms with Crippen LogP contribution in [0, 0.1) is 33.8 Å². The molecular formula is C23H18Br3N3O5. The molecule has 5 rings (SSSR count). The van der Waals surface area contributed by atoms with Gasteiger partial charge in [0, 0.05) is 31.8 Å². The molecule has 1 heterocycles. The number of carbonyl (C=O) groups is 3. The Morgan fingerprint density at radius 3 is 2.18 bits per heavy atom. The number of nitro groups is 1. The highest BCUT2D eigenvalue weighted by atomic mass is 79.9. The second kappa shape index (κ2) is 8.83. The van der Waals surface area contributed by atoms with Gasteiger partial charge in [-0.2, -0.15) is 5.01 Å². The molecule has 0 unspecified atom stereocenters. The maximum atomic E-state index is 13.6. The molecule has 2 bridgehead atoms. The van der Waals surface area contributed by atoms with Gasteiger partial charge in [-0.1, -0.05) is 66.0 Å². The Morgan fingerprint density at radius 2 is 1.62 bits per heavy atom. The number of hydrogen-bond acceptors (Lipinski definition) is 5. The minimum Gasteiger partial charge on any atom is -0.272 e. The van der Waals surface area contributed by atoms with E-state index in [1.54, 1.807) is 24.3 Å². The second-order valence-electron chi connectivity index (χ2n) is 8.79. The molecular weight excluding hydrogens is 638 g/mol. The van der Waals surface area contributed by atoms with Gasteiger partial charge in [0.25, 0.3) is 23.4 Å². The predicted molar refractivity (Wildman–Crippen MR) is 133 cm³/mol. The number of benzene rings is 2. The number of non-ortho nitro benzene ring substituents is 1. The first-order valence-electron chi connectivity index (χ1n) is 10.7. The van der Waals surface area contributed by atoms with Gasteiger partial charge in [-0.3, -0.25) is 24.5 Å². The zero-order valence-electron chi connectivity index (χ0n) is 17.5. The summed E-state index contributed by atoms with van der Waals surface area (Å²) in [4.78, 5) is 51.6. The number of fused-ring (bicyclic) bond motifs is 5. The van der Waals surface area contributed by atoms with Crippen molar-refractivity contribution in [2.24, 2.45) is 23.7 Å². The molecule has 1 saturated heterocycles. The lowest BCUT2D eigenvalue weighted by Gasteiger charge is -2.31. The van der Waals surface area contributed by atoms with Gasteiger partial charge >= 0.3 is 0 Å². The lowest BCUT2D eigenvalue weighted by Crippen LogP contribution is -2.50. The molecule has 3 fully saturated rings. The summed E-state index contributed by atoms with van der Waals surface area (Å²) in [5.41, 5.74) is 0.496. The average Bonchev–Trinajstić information content (AvgIpc) is 3.43. The van der Waals surface area contributed by atoms with Crippen LogP contribution < -0.4 is 0 Å². The highest BCUT2D eigenvalue weighted by Gasteiger charge is 2.67. The smallest absolute Gasteiger partial charge is 0.272 e. The van der Waals surface area contributed by atoms with E-state index >= 15 is 0 Å². The fraction of sp³-hybridized carbons (Fsp3) is 0.348. The first-order valence-corrected chi connectivity index (χ1v) is 13.3. The summed E-state index contributed by atoms with van der Waals surface area (Å²) in [6.45, 7) is -0.0312. The van der Waals surface area contributed by atoms with Crippen LogP contribution in [-0.4, -0.2) is 42.3 Å². The third-order valence-electron chi connectivity index (χ3n) is 6.99. The third kappa shape index (κ3) is 3.72. The lowest BCUT2D eigenvalue weighted by molar-refractivity contribution is -0.384. The topological polar surface area (TPSA) is 101 Å². The highest BCUT2D eigenvalue weighted by molar-refractivity contribution is 9.12. The monoisotopic (exact) mass is 653 g/mol. The molecule has 0 radical (unpaired) electrons. The Kier molecular flexibility index (Phi) is 6.14. The van der Waals surface area contributed by atoms with Gasteiger partial charge in [0.2, 0.25) is 0 Å². The van der Waals surface area contributed by atoms with Crippen LogP contribution in [-0.2, 0) is 16.1 Å². The molecule has 2 aliphatic carbocycles. The Hall–Kier alpha value is -2.11. The van der Waals surface area contributed by atoms with Crippen LogP contribution in [0.2, 0.25) is 0 Å². The number of rotatable bonds is 5. The van der Waals surface area contributed by atoms with E-state index < -0.39 is 22.7 Å². The van der Waals surface area contributed by atoms with Crippen LogP contribution in [0.15, 0.2) is 53.0 Å². The van der Waals surface area contributed by atoms with Crippen LogP contribution >= 0.6 is 47.8 Å². The van der Waals surface area contributed by atoms with Crippen LogP contribution in [0.25, 0.3) is 0 Å². The average molecular weight is 656 g/mol. The molecule has 11 heteroatoms. The van der Waals surface area contributed by atoms with Gasteiger partial charge in [0.15, 0.2) is 0 Å². The van der Waals surface area contributed by atoms with Gasteiger partial charge < -0.3 is 0 Å². The van der Waals surface area contributed by atoms with Gasteiger partial charge in [-0.25, -0.2) is 5.01 Å². The van der Waals surface area contributed by atoms with Crippen molar-refractivity contribution in [1.29, 1.82) is 0 Å². The zero-order valence-corrected chi connectivity index (χ0v) is 22.3. The van der Waals surface area contributed by atoms with Crippen molar-refractivity contribution in [3.8, 4) is 0 Å². The van der Waals surface area contributed by atoms with Crippen LogP contribution in [0.1, 0.15) is 22.3 Å². The van der Waals surface area contributed by atoms with Gasteiger partial charge in [0.05, 0.1) is 23.3 Å². The second-order valence-corrected chi connectivity index (χ2v) is 11.8. The summed E-state index contributed by atoms with van der Waals surface area (Å²) in [5, 5.41) is 13.4. The SMILES string of the molecule is O=C(c1cccc([N+](=O)[O-])c1)N(Cc1ccc(Br)cc1)N1C(=O)[C@@H]2[C@H]3C[C@@H]([C@H](Br)[C@@H]3Br)[C@@H]2C1=O. The third-order valence-corrected chi connectivity index (χ3v) is 10.7. The maximum absolute atomic E-state index is 13.6. The van der Waals surface area contributed by atoms with Crippen LogP contribution in [0.3, 0.4) is 0 Å². The van der Waals surface area contributed by atoms with E-state index in [9.17, 15) is 24.5 Å². The molecule has 2 saturated carbocycles. The van der Waals surface area contributed by atoms with E-state index in [4.69, 9.17) is 0 Å². The van der Waals surface area contributed by atoms with E-state index in [0.29, 0.717) is 5.56 Å². The fourth-order valence-electron chi connectivity index (χ4n) is 5.47. The van der Waals surface area contributed by atoms with Crippen molar-refractivity contribution in [3.05, 3.63) is 74.2 Å². The van der Waals surface area contributed by atoms with E-state index in [0.717, 1.165) is 27.0 Å². The van der Waals surface area contributed by atoms with Gasteiger partial charge in [0.1, 0.15) is 0 Å². The lowest BCUT2D eigenvalue weighted by atomic mass is 9.81. The molecule has 0 aromatic heterocycles. The number of hydrazine groups is 1. The molecule has 6 atom stereocenters. The normalized spacial score (nSPS) is 29.4. The van der Waals surface area contributed by atoms with Crippen LogP contribution in [0.4, 0.5) is 5.69 Å². The minimum absolute atomic E-state index is 0.00303. The molecule has 8 nitrogen and oxygen atoms in total. The van der Waals surface area contributed by atoms with E-state index in [1.165, 1.54) is 18.2 Å². The van der Waals surface area contributed by atoms with E-state index in [2.05, 4.69) is 47.8 Å². The Labute approximate surface area is 220 Å². The summed E-state index contributed by atoms with van der Waals surface area (Å²) in [5.74, 6) is -2.38. The molecule has 3 aliphatic rings. The van der Waals surface area contributed by atoms with E-state index in [-0.39, 0.29) is 51.1 Å². The summed E-state index contributed by atoms with van der Waals surface area (Å²) < 4.78 is 0.846. The summed E-state index contributed by atoms with van der Waals surface area (Å²) in [6.07, 6.45) is 0.776. The summed E-state index contributed by atoms with van der Waals surface area (Å²) in [6, 6.07) is 12.5. The number of halogens is 3.